The number of alkyl halides is 3. The first-order valence-corrected chi connectivity index (χ1v) is 10.7. The summed E-state index contributed by atoms with van der Waals surface area (Å²) in [6.45, 7) is 7.63. The van der Waals surface area contributed by atoms with Crippen LogP contribution in [0.4, 0.5) is 18.9 Å². The van der Waals surface area contributed by atoms with Crippen LogP contribution in [0.2, 0.25) is 0 Å². The Bertz CT molecular complexity index is 1200. The number of fused-ring (bicyclic) bond motifs is 3. The highest BCUT2D eigenvalue weighted by Crippen LogP contribution is 2.43. The molecule has 3 aromatic rings. The highest BCUT2D eigenvalue weighted by atomic mass is 19.4. The summed E-state index contributed by atoms with van der Waals surface area (Å²) in [7, 11) is 0. The molecule has 0 bridgehead atoms. The van der Waals surface area contributed by atoms with Gasteiger partial charge in [0.05, 0.1) is 28.2 Å². The van der Waals surface area contributed by atoms with Crippen LogP contribution < -0.4 is 11.2 Å². The number of aryl methyl sites for hydroxylation is 1. The average molecular weight is 458 g/mol. The minimum absolute atomic E-state index is 0.0850. The molecule has 9 heteroatoms. The summed E-state index contributed by atoms with van der Waals surface area (Å²) in [6, 6.07) is 4.15. The van der Waals surface area contributed by atoms with Crippen molar-refractivity contribution in [1.82, 2.24) is 15.4 Å². The summed E-state index contributed by atoms with van der Waals surface area (Å²) in [4.78, 5) is 8.70. The van der Waals surface area contributed by atoms with Crippen molar-refractivity contribution >= 4 is 28.5 Å². The quantitative estimate of drug-likeness (QED) is 0.227. The van der Waals surface area contributed by atoms with Gasteiger partial charge in [-0.15, -0.1) is 0 Å². The molecule has 0 fully saturated rings. The van der Waals surface area contributed by atoms with E-state index in [1.54, 1.807) is 12.1 Å². The van der Waals surface area contributed by atoms with Crippen molar-refractivity contribution in [3.05, 3.63) is 58.9 Å². The molecule has 0 saturated carbocycles. The molecule has 0 atom stereocenters. The zero-order valence-corrected chi connectivity index (χ0v) is 18.5. The van der Waals surface area contributed by atoms with E-state index in [1.807, 2.05) is 19.3 Å². The zero-order valence-electron chi connectivity index (χ0n) is 18.5. The highest BCUT2D eigenvalue weighted by Gasteiger charge is 2.36. The van der Waals surface area contributed by atoms with E-state index in [0.717, 1.165) is 36.2 Å². The van der Waals surface area contributed by atoms with Crippen LogP contribution in [0.1, 0.15) is 54.6 Å². The Morgan fingerprint density at radius 2 is 1.88 bits per heavy atom. The zero-order chi connectivity index (χ0) is 24.3. The maximum Gasteiger partial charge on any atom is 0.418 e. The van der Waals surface area contributed by atoms with Gasteiger partial charge in [-0.05, 0) is 55.0 Å². The minimum Gasteiger partial charge on any atom is -0.398 e. The molecule has 4 rings (SSSR count). The number of nitrogens with two attached hydrogens (primary N) is 1. The van der Waals surface area contributed by atoms with Gasteiger partial charge in [-0.25, -0.2) is 4.98 Å². The van der Waals surface area contributed by atoms with Crippen LogP contribution in [-0.2, 0) is 19.0 Å². The number of nitrogens with zero attached hydrogens (tertiary/aromatic N) is 2. The Hall–Kier alpha value is -3.46. The molecule has 0 unspecified atom stereocenters. The van der Waals surface area contributed by atoms with Gasteiger partial charge in [0.1, 0.15) is 0 Å². The number of aromatic nitrogens is 2. The molecule has 1 aromatic carbocycles. The largest absolute Gasteiger partial charge is 0.418 e. The van der Waals surface area contributed by atoms with Gasteiger partial charge in [0.25, 0.3) is 0 Å². The van der Waals surface area contributed by atoms with Crippen LogP contribution >= 0.6 is 0 Å². The van der Waals surface area contributed by atoms with E-state index in [1.165, 1.54) is 6.20 Å². The van der Waals surface area contributed by atoms with Gasteiger partial charge < -0.3 is 11.1 Å². The molecule has 2 aromatic heterocycles. The summed E-state index contributed by atoms with van der Waals surface area (Å²) in [5.74, 6) is 0. The minimum atomic E-state index is -4.65. The lowest BCUT2D eigenvalue weighted by atomic mass is 9.84. The third-order valence-corrected chi connectivity index (χ3v) is 5.58. The van der Waals surface area contributed by atoms with Crippen LogP contribution in [-0.4, -0.2) is 21.4 Å². The normalized spacial score (nSPS) is 13.0. The summed E-state index contributed by atoms with van der Waals surface area (Å²) < 4.78 is 41.6. The first-order chi connectivity index (χ1) is 15.8. The predicted molar refractivity (Wildman–Crippen MR) is 124 cm³/mol. The van der Waals surface area contributed by atoms with Crippen LogP contribution in [0.3, 0.4) is 0 Å². The molecule has 1 aliphatic carbocycles. The van der Waals surface area contributed by atoms with Gasteiger partial charge in [0.2, 0.25) is 0 Å². The molecule has 0 aliphatic heterocycles. The molecule has 5 N–H and O–H groups in total. The predicted octanol–water partition coefficient (Wildman–Crippen LogP) is 5.75. The molecular weight excluding hydrogens is 431 g/mol. The number of hydrogen-bond acceptors (Lipinski definition) is 6. The molecule has 1 aliphatic rings. The molecule has 0 amide bonds. The second kappa shape index (κ2) is 9.58. The molecule has 0 radical (unpaired) electrons. The Morgan fingerprint density at radius 1 is 1.21 bits per heavy atom. The van der Waals surface area contributed by atoms with E-state index < -0.39 is 11.7 Å². The lowest BCUT2D eigenvalue weighted by Crippen LogP contribution is -2.14. The van der Waals surface area contributed by atoms with E-state index >= 15 is 0 Å². The van der Waals surface area contributed by atoms with Crippen molar-refractivity contribution in [3.8, 4) is 11.3 Å². The molecule has 0 saturated heterocycles. The number of hydrogen-bond donors (Lipinski definition) is 4. The van der Waals surface area contributed by atoms with Gasteiger partial charge in [0.15, 0.2) is 0 Å². The van der Waals surface area contributed by atoms with E-state index in [0.29, 0.717) is 35.2 Å². The number of hydroxylamine groups is 1. The van der Waals surface area contributed by atoms with Gasteiger partial charge >= 0.3 is 6.18 Å². The van der Waals surface area contributed by atoms with Gasteiger partial charge in [-0.2, -0.15) is 13.2 Å². The van der Waals surface area contributed by atoms with Crippen molar-refractivity contribution in [3.63, 3.8) is 0 Å². The third kappa shape index (κ3) is 4.41. The fraction of sp³-hybridized carbons (Fsp3) is 0.292. The van der Waals surface area contributed by atoms with E-state index in [4.69, 9.17) is 16.4 Å². The molecule has 2 heterocycles. The van der Waals surface area contributed by atoms with Crippen molar-refractivity contribution in [2.24, 2.45) is 0 Å². The standard InChI is InChI=1S/C22H20F3N5O.C2H6/c1-11(30-31)18-7-6-12(10-28-18)20-14-5-3-2-4-13(14)19-15(9-26)17(27)8-16(21(19)29-20)22(23,24)25;1-2/h6-10,26,30-31H,1-5,27H2;1-2H3. The van der Waals surface area contributed by atoms with Crippen molar-refractivity contribution < 1.29 is 18.4 Å². The Balaban J connectivity index is 0.00000149. The van der Waals surface area contributed by atoms with Crippen molar-refractivity contribution in [2.75, 3.05) is 5.73 Å². The third-order valence-electron chi connectivity index (χ3n) is 5.58. The monoisotopic (exact) mass is 457 g/mol. The number of pyridine rings is 2. The van der Waals surface area contributed by atoms with E-state index in [9.17, 15) is 13.2 Å². The van der Waals surface area contributed by atoms with Gasteiger partial charge in [-0.3, -0.25) is 15.7 Å². The lowest BCUT2D eigenvalue weighted by molar-refractivity contribution is -0.136. The van der Waals surface area contributed by atoms with Gasteiger partial charge in [-0.1, -0.05) is 20.4 Å². The second-order valence-electron chi connectivity index (χ2n) is 7.44. The van der Waals surface area contributed by atoms with Crippen molar-refractivity contribution in [1.29, 1.82) is 5.41 Å². The highest BCUT2D eigenvalue weighted by molar-refractivity contribution is 6.06. The second-order valence-corrected chi connectivity index (χ2v) is 7.44. The fourth-order valence-electron chi connectivity index (χ4n) is 4.13. The van der Waals surface area contributed by atoms with Crippen LogP contribution in [0.5, 0.6) is 0 Å². The van der Waals surface area contributed by atoms with Crippen LogP contribution in [0, 0.1) is 5.41 Å². The number of benzene rings is 1. The average Bonchev–Trinajstić information content (AvgIpc) is 2.83. The van der Waals surface area contributed by atoms with Crippen molar-refractivity contribution in [2.45, 2.75) is 45.7 Å². The SMILES string of the molecule is C=C(NO)c1ccc(-c2nc3c(C(F)(F)F)cc(N)c(C=N)c3c3c2CCCC3)cn1.CC. The first-order valence-electron chi connectivity index (χ1n) is 10.7. The topological polar surface area (TPSA) is 108 Å². The summed E-state index contributed by atoms with van der Waals surface area (Å²) in [5, 5.41) is 17.1. The van der Waals surface area contributed by atoms with E-state index in [2.05, 4.69) is 16.5 Å². The van der Waals surface area contributed by atoms with E-state index in [-0.39, 0.29) is 22.5 Å². The Labute approximate surface area is 189 Å². The molecule has 0 spiro atoms. The lowest BCUT2D eigenvalue weighted by Gasteiger charge is -2.24. The van der Waals surface area contributed by atoms with Crippen LogP contribution in [0.15, 0.2) is 31.0 Å². The molecule has 6 nitrogen and oxygen atoms in total. The molecular formula is C24H26F3N5O. The molecule has 174 valence electrons. The first kappa shape index (κ1) is 24.2. The number of rotatable bonds is 4. The number of nitrogens with one attached hydrogen (secondary N) is 2. The maximum absolute atomic E-state index is 13.9. The summed E-state index contributed by atoms with van der Waals surface area (Å²) in [6.07, 6.45) is 0.817. The molecule has 33 heavy (non-hydrogen) atoms. The fourth-order valence-corrected chi connectivity index (χ4v) is 4.13. The maximum atomic E-state index is 13.9. The summed E-state index contributed by atoms with van der Waals surface area (Å²) >= 11 is 0. The van der Waals surface area contributed by atoms with Crippen LogP contribution in [0.25, 0.3) is 27.9 Å². The van der Waals surface area contributed by atoms with Gasteiger partial charge in [0, 0.05) is 34.6 Å². The Kier molecular flexibility index (Phi) is 7.02. The number of nitrogen functional groups attached to an aromatic ring is 1. The summed E-state index contributed by atoms with van der Waals surface area (Å²) in [5.41, 5.74) is 10.1. The number of anilines is 1. The Morgan fingerprint density at radius 3 is 2.42 bits per heavy atom. The number of halogens is 3. The smallest absolute Gasteiger partial charge is 0.398 e.